The normalized spacial score (nSPS) is 25.2. The van der Waals surface area contributed by atoms with Crippen molar-refractivity contribution in [3.63, 3.8) is 0 Å². The summed E-state index contributed by atoms with van der Waals surface area (Å²) in [5, 5.41) is 0. The second-order valence-electron chi connectivity index (χ2n) is 10.7. The van der Waals surface area contributed by atoms with Crippen molar-refractivity contribution in [1.29, 1.82) is 0 Å². The minimum absolute atomic E-state index is 0.135. The highest BCUT2D eigenvalue weighted by molar-refractivity contribution is 5.52. The maximum absolute atomic E-state index is 14.8. The lowest BCUT2D eigenvalue weighted by Gasteiger charge is -2.27. The van der Waals surface area contributed by atoms with Gasteiger partial charge in [-0.3, -0.25) is 0 Å². The molecule has 2 aliphatic rings. The van der Waals surface area contributed by atoms with Gasteiger partial charge in [-0.2, -0.15) is 0 Å². The van der Waals surface area contributed by atoms with E-state index in [0.29, 0.717) is 41.2 Å². The maximum atomic E-state index is 14.8. The van der Waals surface area contributed by atoms with E-state index in [9.17, 15) is 13.2 Å². The smallest absolute Gasteiger partial charge is 0.166 e. The van der Waals surface area contributed by atoms with Crippen LogP contribution in [0.2, 0.25) is 0 Å². The van der Waals surface area contributed by atoms with Crippen LogP contribution in [-0.2, 0) is 0 Å². The van der Waals surface area contributed by atoms with E-state index in [0.717, 1.165) is 69.8 Å². The summed E-state index contributed by atoms with van der Waals surface area (Å²) >= 11 is 0. The fourth-order valence-electron chi connectivity index (χ4n) is 5.69. The van der Waals surface area contributed by atoms with Gasteiger partial charge in [-0.05, 0) is 91.9 Å². The van der Waals surface area contributed by atoms with Crippen LogP contribution in [0.5, 0.6) is 5.75 Å². The van der Waals surface area contributed by atoms with Crippen LogP contribution < -0.4 is 4.74 Å². The third kappa shape index (κ3) is 6.51. The van der Waals surface area contributed by atoms with E-state index < -0.39 is 11.6 Å². The summed E-state index contributed by atoms with van der Waals surface area (Å²) in [4.78, 5) is 0. The van der Waals surface area contributed by atoms with Crippen LogP contribution in [0.15, 0.2) is 36.4 Å². The molecular formula is C31H39F3O. The Bertz CT molecular complexity index is 999. The second-order valence-corrected chi connectivity index (χ2v) is 10.7. The number of halogens is 3. The van der Waals surface area contributed by atoms with Crippen LogP contribution in [0.25, 0.3) is 6.08 Å². The Hall–Kier alpha value is -2.23. The van der Waals surface area contributed by atoms with Crippen molar-refractivity contribution in [2.24, 2.45) is 11.8 Å². The first kappa shape index (κ1) is 25.9. The fraction of sp³-hybridized carbons (Fsp3) is 0.548. The van der Waals surface area contributed by atoms with Crippen molar-refractivity contribution < 1.29 is 17.9 Å². The number of hydrogen-bond donors (Lipinski definition) is 0. The molecule has 0 aromatic heterocycles. The van der Waals surface area contributed by atoms with Gasteiger partial charge in [-0.25, -0.2) is 13.2 Å². The first-order chi connectivity index (χ1) is 17.0. The minimum Gasteiger partial charge on any atom is -0.491 e. The molecule has 2 aromatic rings. The molecule has 2 saturated carbocycles. The predicted octanol–water partition coefficient (Wildman–Crippen LogP) is 9.56. The molecule has 0 atom stereocenters. The quantitative estimate of drug-likeness (QED) is 0.339. The monoisotopic (exact) mass is 484 g/mol. The predicted molar refractivity (Wildman–Crippen MR) is 137 cm³/mol. The molecule has 0 N–H and O–H groups in total. The largest absolute Gasteiger partial charge is 0.491 e. The van der Waals surface area contributed by atoms with E-state index in [1.165, 1.54) is 0 Å². The Kier molecular flexibility index (Phi) is 8.97. The molecular weight excluding hydrogens is 445 g/mol. The summed E-state index contributed by atoms with van der Waals surface area (Å²) in [5.41, 5.74) is 1.90. The van der Waals surface area contributed by atoms with Gasteiger partial charge >= 0.3 is 0 Å². The molecule has 35 heavy (non-hydrogen) atoms. The third-order valence-electron chi connectivity index (χ3n) is 8.10. The zero-order valence-corrected chi connectivity index (χ0v) is 21.2. The summed E-state index contributed by atoms with van der Waals surface area (Å²) in [6, 6.07) is 8.88. The van der Waals surface area contributed by atoms with Crippen LogP contribution in [-0.4, -0.2) is 6.61 Å². The van der Waals surface area contributed by atoms with Crippen molar-refractivity contribution >= 4 is 6.08 Å². The Balaban J connectivity index is 1.32. The van der Waals surface area contributed by atoms with Gasteiger partial charge < -0.3 is 4.74 Å². The fourth-order valence-corrected chi connectivity index (χ4v) is 5.69. The molecule has 0 amide bonds. The van der Waals surface area contributed by atoms with Crippen LogP contribution >= 0.6 is 0 Å². The summed E-state index contributed by atoms with van der Waals surface area (Å²) in [5.74, 6) is 0.124. The van der Waals surface area contributed by atoms with Crippen molar-refractivity contribution in [3.8, 4) is 5.75 Å². The third-order valence-corrected chi connectivity index (χ3v) is 8.10. The van der Waals surface area contributed by atoms with E-state index in [1.807, 2.05) is 12.1 Å². The van der Waals surface area contributed by atoms with Crippen molar-refractivity contribution in [2.45, 2.75) is 89.9 Å². The molecule has 0 heterocycles. The van der Waals surface area contributed by atoms with Crippen molar-refractivity contribution in [3.05, 3.63) is 70.5 Å². The Labute approximate surface area is 208 Å². The van der Waals surface area contributed by atoms with E-state index >= 15 is 0 Å². The van der Waals surface area contributed by atoms with Crippen LogP contribution in [0.4, 0.5) is 13.2 Å². The van der Waals surface area contributed by atoms with Crippen LogP contribution in [0, 0.1) is 29.3 Å². The highest BCUT2D eigenvalue weighted by Crippen LogP contribution is 2.39. The maximum Gasteiger partial charge on any atom is 0.166 e. The molecule has 4 heteroatoms. The Morgan fingerprint density at radius 2 is 1.57 bits per heavy atom. The van der Waals surface area contributed by atoms with E-state index in [1.54, 1.807) is 30.3 Å². The Morgan fingerprint density at radius 3 is 2.26 bits per heavy atom. The average Bonchev–Trinajstić information content (AvgIpc) is 2.87. The number of allylic oxidation sites excluding steroid dienone is 1. The minimum atomic E-state index is -0.720. The van der Waals surface area contributed by atoms with Gasteiger partial charge in [0.25, 0.3) is 0 Å². The number of hydrogen-bond acceptors (Lipinski definition) is 1. The summed E-state index contributed by atoms with van der Waals surface area (Å²) < 4.78 is 49.7. The molecule has 1 nitrogen and oxygen atoms in total. The first-order valence-electron chi connectivity index (χ1n) is 13.5. The zero-order chi connectivity index (χ0) is 24.8. The molecule has 0 bridgehead atoms. The molecule has 2 fully saturated rings. The zero-order valence-electron chi connectivity index (χ0n) is 21.2. The average molecular weight is 485 g/mol. The Morgan fingerprint density at radius 1 is 0.857 bits per heavy atom. The molecule has 0 saturated heterocycles. The van der Waals surface area contributed by atoms with Crippen LogP contribution in [0.3, 0.4) is 0 Å². The van der Waals surface area contributed by atoms with E-state index in [4.69, 9.17) is 4.74 Å². The molecule has 2 aliphatic carbocycles. The lowest BCUT2D eigenvalue weighted by molar-refractivity contribution is 0.293. The van der Waals surface area contributed by atoms with Gasteiger partial charge in [0.15, 0.2) is 23.2 Å². The van der Waals surface area contributed by atoms with Crippen LogP contribution in [0.1, 0.15) is 107 Å². The molecule has 0 spiro atoms. The van der Waals surface area contributed by atoms with Gasteiger partial charge in [-0.15, -0.1) is 0 Å². The molecule has 0 unspecified atom stereocenters. The topological polar surface area (TPSA) is 9.23 Å². The van der Waals surface area contributed by atoms with Crippen molar-refractivity contribution in [1.82, 2.24) is 0 Å². The number of benzene rings is 2. The molecule has 0 aliphatic heterocycles. The lowest BCUT2D eigenvalue weighted by atomic mass is 9.78. The van der Waals surface area contributed by atoms with Gasteiger partial charge in [0, 0.05) is 5.56 Å². The molecule has 2 aromatic carbocycles. The lowest BCUT2D eigenvalue weighted by Crippen LogP contribution is -2.13. The highest BCUT2D eigenvalue weighted by atomic mass is 19.2. The summed E-state index contributed by atoms with van der Waals surface area (Å²) in [7, 11) is 0. The van der Waals surface area contributed by atoms with Crippen molar-refractivity contribution in [2.75, 3.05) is 6.61 Å². The van der Waals surface area contributed by atoms with E-state index in [-0.39, 0.29) is 11.7 Å². The van der Waals surface area contributed by atoms with Gasteiger partial charge in [0.05, 0.1) is 6.61 Å². The standard InChI is InChI=1S/C31H39F3O/c1-3-4-19-35-29-18-16-26(20-28(29)32)23-12-7-22(8-13-23)9-14-25-15-17-27(31(34)30(25)33)24-10-5-21(2)6-11-24/h9,14-18,20-24H,3-8,10-13,19H2,1-2H3/b14-9+. The SMILES string of the molecule is CCCCOc1ccc(C2CCC(/C=C/c3ccc(C4CCC(C)CC4)c(F)c3F)CC2)cc1F. The van der Waals surface area contributed by atoms with Gasteiger partial charge in [0.1, 0.15) is 0 Å². The molecule has 0 radical (unpaired) electrons. The summed E-state index contributed by atoms with van der Waals surface area (Å²) in [6.07, 6.45) is 13.6. The van der Waals surface area contributed by atoms with Gasteiger partial charge in [0.2, 0.25) is 0 Å². The number of rotatable bonds is 8. The first-order valence-corrected chi connectivity index (χ1v) is 13.5. The summed E-state index contributed by atoms with van der Waals surface area (Å²) in [6.45, 7) is 4.85. The second kappa shape index (κ2) is 12.1. The van der Waals surface area contributed by atoms with Gasteiger partial charge in [-0.1, -0.05) is 63.5 Å². The number of unbranched alkanes of at least 4 members (excludes halogenated alkanes) is 1. The molecule has 4 rings (SSSR count). The highest BCUT2D eigenvalue weighted by Gasteiger charge is 2.25. The molecule has 190 valence electrons. The number of ether oxygens (including phenoxy) is 1. The van der Waals surface area contributed by atoms with E-state index in [2.05, 4.69) is 13.8 Å².